The fourth-order valence-electron chi connectivity index (χ4n) is 1.66. The van der Waals surface area contributed by atoms with Crippen LogP contribution in [0, 0.1) is 6.92 Å². The Morgan fingerprint density at radius 3 is 2.87 bits per heavy atom. The summed E-state index contributed by atoms with van der Waals surface area (Å²) in [5.41, 5.74) is 3.24. The molecule has 0 aliphatic heterocycles. The van der Waals surface area contributed by atoms with E-state index in [9.17, 15) is 0 Å². The van der Waals surface area contributed by atoms with E-state index in [2.05, 4.69) is 28.0 Å². The SMILES string of the molecule is CCc1c(C)noc1-c1cccc(Br)c1. The predicted octanol–water partition coefficient (Wildman–Crippen LogP) is 3.97. The Morgan fingerprint density at radius 1 is 1.40 bits per heavy atom. The molecule has 0 radical (unpaired) electrons. The molecular weight excluding hydrogens is 254 g/mol. The van der Waals surface area contributed by atoms with Crippen LogP contribution < -0.4 is 0 Å². The summed E-state index contributed by atoms with van der Waals surface area (Å²) in [6.45, 7) is 4.09. The lowest BCUT2D eigenvalue weighted by molar-refractivity contribution is 0.426. The van der Waals surface area contributed by atoms with Gasteiger partial charge in [0.1, 0.15) is 0 Å². The minimum absolute atomic E-state index is 0.885. The van der Waals surface area contributed by atoms with Crippen molar-refractivity contribution < 1.29 is 4.52 Å². The standard InChI is InChI=1S/C12H12BrNO/c1-3-11-8(2)14-15-12(11)9-5-4-6-10(13)7-9/h4-7H,3H2,1-2H3. The summed E-state index contributed by atoms with van der Waals surface area (Å²) >= 11 is 3.45. The monoisotopic (exact) mass is 265 g/mol. The molecule has 0 atom stereocenters. The van der Waals surface area contributed by atoms with Gasteiger partial charge in [0.15, 0.2) is 5.76 Å². The molecule has 0 N–H and O–H groups in total. The minimum Gasteiger partial charge on any atom is -0.356 e. The molecule has 0 bridgehead atoms. The normalized spacial score (nSPS) is 10.6. The van der Waals surface area contributed by atoms with Gasteiger partial charge in [0.2, 0.25) is 0 Å². The molecule has 2 rings (SSSR count). The first-order chi connectivity index (χ1) is 7.22. The molecule has 0 saturated heterocycles. The molecule has 1 aromatic heterocycles. The minimum atomic E-state index is 0.885. The van der Waals surface area contributed by atoms with Crippen LogP contribution in [0.4, 0.5) is 0 Å². The maximum atomic E-state index is 5.36. The van der Waals surface area contributed by atoms with Gasteiger partial charge in [0.25, 0.3) is 0 Å². The lowest BCUT2D eigenvalue weighted by atomic mass is 10.1. The van der Waals surface area contributed by atoms with Crippen molar-refractivity contribution in [2.75, 3.05) is 0 Å². The van der Waals surface area contributed by atoms with Crippen molar-refractivity contribution in [3.05, 3.63) is 40.0 Å². The van der Waals surface area contributed by atoms with Gasteiger partial charge in [-0.3, -0.25) is 0 Å². The molecule has 1 aromatic carbocycles. The average Bonchev–Trinajstić information content (AvgIpc) is 2.59. The summed E-state index contributed by atoms with van der Waals surface area (Å²) in [7, 11) is 0. The average molecular weight is 266 g/mol. The fraction of sp³-hybridized carbons (Fsp3) is 0.250. The van der Waals surface area contributed by atoms with Crippen LogP contribution in [0.1, 0.15) is 18.2 Å². The molecule has 0 aliphatic rings. The second-order valence-electron chi connectivity index (χ2n) is 3.44. The van der Waals surface area contributed by atoms with E-state index in [1.165, 1.54) is 5.56 Å². The van der Waals surface area contributed by atoms with Crippen LogP contribution in [0.15, 0.2) is 33.3 Å². The molecule has 0 spiro atoms. The predicted molar refractivity (Wildman–Crippen MR) is 63.8 cm³/mol. The second-order valence-corrected chi connectivity index (χ2v) is 4.36. The second kappa shape index (κ2) is 4.19. The molecule has 0 fully saturated rings. The van der Waals surface area contributed by atoms with Crippen LogP contribution in [0.5, 0.6) is 0 Å². The van der Waals surface area contributed by atoms with Crippen LogP contribution in [-0.4, -0.2) is 5.16 Å². The Kier molecular flexibility index (Phi) is 2.91. The highest BCUT2D eigenvalue weighted by Gasteiger charge is 2.12. The molecule has 0 amide bonds. The van der Waals surface area contributed by atoms with E-state index >= 15 is 0 Å². The summed E-state index contributed by atoms with van der Waals surface area (Å²) in [4.78, 5) is 0. The molecule has 3 heteroatoms. The molecule has 2 aromatic rings. The summed E-state index contributed by atoms with van der Waals surface area (Å²) < 4.78 is 6.41. The van der Waals surface area contributed by atoms with Crippen molar-refractivity contribution in [2.45, 2.75) is 20.3 Å². The number of halogens is 1. The lowest BCUT2D eigenvalue weighted by Gasteiger charge is -1.99. The van der Waals surface area contributed by atoms with Crippen molar-refractivity contribution in [2.24, 2.45) is 0 Å². The van der Waals surface area contributed by atoms with Gasteiger partial charge in [-0.2, -0.15) is 0 Å². The van der Waals surface area contributed by atoms with Gasteiger partial charge in [-0.15, -0.1) is 0 Å². The molecule has 0 saturated carbocycles. The van der Waals surface area contributed by atoms with Crippen LogP contribution >= 0.6 is 15.9 Å². The largest absolute Gasteiger partial charge is 0.356 e. The zero-order valence-electron chi connectivity index (χ0n) is 8.75. The highest BCUT2D eigenvalue weighted by atomic mass is 79.9. The van der Waals surface area contributed by atoms with Crippen molar-refractivity contribution in [3.8, 4) is 11.3 Å². The molecule has 2 nitrogen and oxygen atoms in total. The van der Waals surface area contributed by atoms with Crippen LogP contribution in [0.25, 0.3) is 11.3 Å². The van der Waals surface area contributed by atoms with E-state index in [-0.39, 0.29) is 0 Å². The Hall–Kier alpha value is -1.09. The van der Waals surface area contributed by atoms with Gasteiger partial charge >= 0.3 is 0 Å². The Bertz CT molecular complexity index is 476. The summed E-state index contributed by atoms with van der Waals surface area (Å²) in [5, 5.41) is 4.00. The summed E-state index contributed by atoms with van der Waals surface area (Å²) in [6.07, 6.45) is 0.942. The molecule has 0 aliphatic carbocycles. The van der Waals surface area contributed by atoms with Gasteiger partial charge in [-0.1, -0.05) is 40.1 Å². The van der Waals surface area contributed by atoms with Crippen molar-refractivity contribution in [3.63, 3.8) is 0 Å². The maximum Gasteiger partial charge on any atom is 0.170 e. The van der Waals surface area contributed by atoms with E-state index in [0.717, 1.165) is 27.9 Å². The molecule has 0 unspecified atom stereocenters. The maximum absolute atomic E-state index is 5.36. The van der Waals surface area contributed by atoms with E-state index < -0.39 is 0 Å². The van der Waals surface area contributed by atoms with E-state index in [1.807, 2.05) is 31.2 Å². The highest BCUT2D eigenvalue weighted by Crippen LogP contribution is 2.28. The lowest BCUT2D eigenvalue weighted by Crippen LogP contribution is -1.85. The third-order valence-corrected chi connectivity index (χ3v) is 2.92. The third kappa shape index (κ3) is 1.97. The van der Waals surface area contributed by atoms with E-state index in [4.69, 9.17) is 4.52 Å². The van der Waals surface area contributed by atoms with Crippen LogP contribution in [-0.2, 0) is 6.42 Å². The Morgan fingerprint density at radius 2 is 2.20 bits per heavy atom. The number of rotatable bonds is 2. The van der Waals surface area contributed by atoms with Crippen LogP contribution in [0.2, 0.25) is 0 Å². The van der Waals surface area contributed by atoms with E-state index in [1.54, 1.807) is 0 Å². The first-order valence-corrected chi connectivity index (χ1v) is 5.72. The molecule has 78 valence electrons. The zero-order chi connectivity index (χ0) is 10.8. The van der Waals surface area contributed by atoms with E-state index in [0.29, 0.717) is 0 Å². The first-order valence-electron chi connectivity index (χ1n) is 4.93. The first kappa shape index (κ1) is 10.4. The summed E-state index contributed by atoms with van der Waals surface area (Å²) in [6, 6.07) is 8.07. The van der Waals surface area contributed by atoms with Gasteiger partial charge < -0.3 is 4.52 Å². The summed E-state index contributed by atoms with van der Waals surface area (Å²) in [5.74, 6) is 0.885. The quantitative estimate of drug-likeness (QED) is 0.821. The van der Waals surface area contributed by atoms with Crippen molar-refractivity contribution in [1.82, 2.24) is 5.16 Å². The van der Waals surface area contributed by atoms with Gasteiger partial charge in [0.05, 0.1) is 5.69 Å². The van der Waals surface area contributed by atoms with Gasteiger partial charge in [-0.05, 0) is 25.5 Å². The highest BCUT2D eigenvalue weighted by molar-refractivity contribution is 9.10. The smallest absolute Gasteiger partial charge is 0.170 e. The van der Waals surface area contributed by atoms with Crippen LogP contribution in [0.3, 0.4) is 0 Å². The number of benzene rings is 1. The number of nitrogens with zero attached hydrogens (tertiary/aromatic N) is 1. The number of hydrogen-bond acceptors (Lipinski definition) is 2. The molecule has 1 heterocycles. The zero-order valence-corrected chi connectivity index (χ0v) is 10.3. The fourth-order valence-corrected chi connectivity index (χ4v) is 2.06. The van der Waals surface area contributed by atoms with Gasteiger partial charge in [0, 0.05) is 15.6 Å². The number of aromatic nitrogens is 1. The van der Waals surface area contributed by atoms with Crippen molar-refractivity contribution >= 4 is 15.9 Å². The van der Waals surface area contributed by atoms with Crippen molar-refractivity contribution in [1.29, 1.82) is 0 Å². The topological polar surface area (TPSA) is 26.0 Å². The Labute approximate surface area is 97.4 Å². The molecule has 15 heavy (non-hydrogen) atoms. The number of hydrogen-bond donors (Lipinski definition) is 0. The Balaban J connectivity index is 2.54. The molecular formula is C12H12BrNO. The number of aryl methyl sites for hydroxylation is 1. The van der Waals surface area contributed by atoms with Gasteiger partial charge in [-0.25, -0.2) is 0 Å². The third-order valence-electron chi connectivity index (χ3n) is 2.43.